The van der Waals surface area contributed by atoms with E-state index >= 15 is 0 Å². The lowest BCUT2D eigenvalue weighted by atomic mass is 10.1. The van der Waals surface area contributed by atoms with Gasteiger partial charge in [-0.25, -0.2) is 9.67 Å². The number of benzene rings is 1. The van der Waals surface area contributed by atoms with Crippen molar-refractivity contribution in [1.29, 1.82) is 0 Å². The predicted octanol–water partition coefficient (Wildman–Crippen LogP) is 3.28. The van der Waals surface area contributed by atoms with Gasteiger partial charge in [0.15, 0.2) is 5.82 Å². The highest BCUT2D eigenvalue weighted by atomic mass is 15.4. The predicted molar refractivity (Wildman–Crippen MR) is 101 cm³/mol. The summed E-state index contributed by atoms with van der Waals surface area (Å²) >= 11 is 0. The van der Waals surface area contributed by atoms with Crippen LogP contribution < -0.4 is 0 Å². The molecule has 0 amide bonds. The Bertz CT molecular complexity index is 855. The van der Waals surface area contributed by atoms with E-state index in [0.717, 1.165) is 44.1 Å². The topological polar surface area (TPSA) is 46.8 Å². The molecule has 0 atom stereocenters. The molecule has 26 heavy (non-hydrogen) atoms. The summed E-state index contributed by atoms with van der Waals surface area (Å²) in [6.45, 7) is 4.00. The van der Waals surface area contributed by atoms with Crippen molar-refractivity contribution in [3.8, 4) is 11.3 Å². The van der Waals surface area contributed by atoms with Crippen LogP contribution in [0.1, 0.15) is 36.0 Å². The van der Waals surface area contributed by atoms with E-state index < -0.39 is 0 Å². The van der Waals surface area contributed by atoms with Gasteiger partial charge in [-0.1, -0.05) is 30.3 Å². The lowest BCUT2D eigenvalue weighted by Crippen LogP contribution is -2.26. The third-order valence-corrected chi connectivity index (χ3v) is 5.31. The first-order chi connectivity index (χ1) is 12.8. The molecule has 5 heteroatoms. The Morgan fingerprint density at radius 2 is 1.85 bits per heavy atom. The van der Waals surface area contributed by atoms with E-state index in [1.807, 2.05) is 24.4 Å². The van der Waals surface area contributed by atoms with Gasteiger partial charge >= 0.3 is 0 Å². The quantitative estimate of drug-likeness (QED) is 0.728. The molecule has 0 N–H and O–H groups in total. The number of rotatable bonds is 4. The molecular weight excluding hydrogens is 322 g/mol. The van der Waals surface area contributed by atoms with Gasteiger partial charge in [-0.2, -0.15) is 5.10 Å². The van der Waals surface area contributed by atoms with Gasteiger partial charge in [-0.15, -0.1) is 0 Å². The highest BCUT2D eigenvalue weighted by Crippen LogP contribution is 2.38. The molecule has 0 bridgehead atoms. The summed E-state index contributed by atoms with van der Waals surface area (Å²) in [4.78, 5) is 11.7. The molecule has 3 heterocycles. The van der Waals surface area contributed by atoms with Crippen LogP contribution in [0.15, 0.2) is 48.7 Å². The smallest absolute Gasteiger partial charge is 0.154 e. The van der Waals surface area contributed by atoms with E-state index in [1.54, 1.807) is 0 Å². The van der Waals surface area contributed by atoms with Crippen LogP contribution in [0.25, 0.3) is 11.3 Å². The fourth-order valence-corrected chi connectivity index (χ4v) is 3.61. The number of nitrogens with zero attached hydrogens (tertiary/aromatic N) is 5. The average Bonchev–Trinajstić information content (AvgIpc) is 3.49. The number of aromatic nitrogens is 4. The standard InChI is InChI=1S/C21H23N5/c1-2-11-22-19(3-1)17-6-4-16(5-7-17)15-25-12-10-20-23-21(18-8-9-18)24-26(20)14-13-25/h1-7,11,18H,8-10,12-15H2. The molecule has 2 aromatic heterocycles. The third kappa shape index (κ3) is 3.27. The number of hydrogen-bond acceptors (Lipinski definition) is 4. The minimum atomic E-state index is 0.642. The van der Waals surface area contributed by atoms with Gasteiger partial charge in [0.05, 0.1) is 12.2 Å². The van der Waals surface area contributed by atoms with Gasteiger partial charge in [0, 0.05) is 43.7 Å². The molecule has 5 rings (SSSR count). The molecule has 1 aliphatic carbocycles. The van der Waals surface area contributed by atoms with E-state index in [4.69, 9.17) is 10.1 Å². The van der Waals surface area contributed by atoms with Crippen molar-refractivity contribution in [1.82, 2.24) is 24.6 Å². The minimum Gasteiger partial charge on any atom is -0.297 e. The van der Waals surface area contributed by atoms with E-state index in [2.05, 4.69) is 38.8 Å². The van der Waals surface area contributed by atoms with E-state index in [1.165, 1.54) is 29.8 Å². The fourth-order valence-electron chi connectivity index (χ4n) is 3.61. The Hall–Kier alpha value is -2.53. The summed E-state index contributed by atoms with van der Waals surface area (Å²) in [5, 5.41) is 4.73. The van der Waals surface area contributed by atoms with Crippen LogP contribution in [0.2, 0.25) is 0 Å². The van der Waals surface area contributed by atoms with Crippen molar-refractivity contribution in [2.24, 2.45) is 0 Å². The molecular formula is C21H23N5. The summed E-state index contributed by atoms with van der Waals surface area (Å²) < 4.78 is 2.14. The Balaban J connectivity index is 1.23. The summed E-state index contributed by atoms with van der Waals surface area (Å²) in [6, 6.07) is 14.8. The maximum Gasteiger partial charge on any atom is 0.154 e. The first-order valence-corrected chi connectivity index (χ1v) is 9.51. The van der Waals surface area contributed by atoms with Crippen LogP contribution in [0.4, 0.5) is 0 Å². The second-order valence-corrected chi connectivity index (χ2v) is 7.32. The maximum absolute atomic E-state index is 4.78. The van der Waals surface area contributed by atoms with E-state index in [9.17, 15) is 0 Å². The molecule has 1 aliphatic heterocycles. The van der Waals surface area contributed by atoms with Gasteiger partial charge in [0.25, 0.3) is 0 Å². The molecule has 0 spiro atoms. The molecule has 5 nitrogen and oxygen atoms in total. The zero-order valence-electron chi connectivity index (χ0n) is 14.9. The lowest BCUT2D eigenvalue weighted by Gasteiger charge is -2.19. The van der Waals surface area contributed by atoms with Crippen LogP contribution in [-0.4, -0.2) is 37.7 Å². The van der Waals surface area contributed by atoms with Gasteiger partial charge in [0.1, 0.15) is 5.82 Å². The molecule has 132 valence electrons. The Morgan fingerprint density at radius 3 is 2.62 bits per heavy atom. The molecule has 0 saturated heterocycles. The third-order valence-electron chi connectivity index (χ3n) is 5.31. The van der Waals surface area contributed by atoms with Gasteiger partial charge < -0.3 is 0 Å². The molecule has 0 radical (unpaired) electrons. The van der Waals surface area contributed by atoms with Crippen molar-refractivity contribution in [2.75, 3.05) is 13.1 Å². The second-order valence-electron chi connectivity index (χ2n) is 7.32. The largest absolute Gasteiger partial charge is 0.297 e. The van der Waals surface area contributed by atoms with Crippen molar-refractivity contribution in [3.05, 3.63) is 65.9 Å². The summed E-state index contributed by atoms with van der Waals surface area (Å²) in [6.07, 6.45) is 5.37. The zero-order chi connectivity index (χ0) is 17.3. The minimum absolute atomic E-state index is 0.642. The van der Waals surface area contributed by atoms with Crippen LogP contribution in [0.3, 0.4) is 0 Å². The molecule has 2 aliphatic rings. The van der Waals surface area contributed by atoms with Crippen LogP contribution in [0, 0.1) is 0 Å². The SMILES string of the molecule is c1ccc(-c2ccc(CN3CCc4nc(C5CC5)nn4CC3)cc2)nc1. The van der Waals surface area contributed by atoms with Crippen LogP contribution in [-0.2, 0) is 19.5 Å². The zero-order valence-corrected chi connectivity index (χ0v) is 14.9. The first kappa shape index (κ1) is 15.7. The maximum atomic E-state index is 4.78. The fraction of sp³-hybridized carbons (Fsp3) is 0.381. The molecule has 1 aromatic carbocycles. The normalized spacial score (nSPS) is 17.7. The highest BCUT2D eigenvalue weighted by Gasteiger charge is 2.29. The van der Waals surface area contributed by atoms with Gasteiger partial charge in [0.2, 0.25) is 0 Å². The van der Waals surface area contributed by atoms with Crippen molar-refractivity contribution >= 4 is 0 Å². The number of hydrogen-bond donors (Lipinski definition) is 0. The van der Waals surface area contributed by atoms with Crippen LogP contribution in [0.5, 0.6) is 0 Å². The Labute approximate surface area is 153 Å². The summed E-state index contributed by atoms with van der Waals surface area (Å²) in [7, 11) is 0. The average molecular weight is 345 g/mol. The Kier molecular flexibility index (Phi) is 4.02. The lowest BCUT2D eigenvalue weighted by molar-refractivity contribution is 0.268. The van der Waals surface area contributed by atoms with Gasteiger partial charge in [-0.3, -0.25) is 9.88 Å². The summed E-state index contributed by atoms with van der Waals surface area (Å²) in [5.74, 6) is 2.89. The van der Waals surface area contributed by atoms with Crippen molar-refractivity contribution < 1.29 is 0 Å². The molecule has 0 unspecified atom stereocenters. The van der Waals surface area contributed by atoms with Crippen molar-refractivity contribution in [3.63, 3.8) is 0 Å². The van der Waals surface area contributed by atoms with Crippen LogP contribution >= 0.6 is 0 Å². The molecule has 3 aromatic rings. The first-order valence-electron chi connectivity index (χ1n) is 9.51. The van der Waals surface area contributed by atoms with E-state index in [0.29, 0.717) is 5.92 Å². The van der Waals surface area contributed by atoms with E-state index in [-0.39, 0.29) is 0 Å². The van der Waals surface area contributed by atoms with Gasteiger partial charge in [-0.05, 0) is 30.5 Å². The molecule has 1 saturated carbocycles. The number of pyridine rings is 1. The highest BCUT2D eigenvalue weighted by molar-refractivity contribution is 5.58. The van der Waals surface area contributed by atoms with Crippen molar-refractivity contribution in [2.45, 2.75) is 38.3 Å². The summed E-state index contributed by atoms with van der Waals surface area (Å²) in [5.41, 5.74) is 3.54. The number of fused-ring (bicyclic) bond motifs is 1. The monoisotopic (exact) mass is 345 g/mol. The second kappa shape index (κ2) is 6.65. The molecule has 1 fully saturated rings. The Morgan fingerprint density at radius 1 is 0.962 bits per heavy atom.